The molecule has 4 rings (SSSR count). The first kappa shape index (κ1) is 26.4. The Morgan fingerprint density at radius 1 is 0.972 bits per heavy atom. The fraction of sp³-hybridized carbons (Fsp3) is 0.536. The van der Waals surface area contributed by atoms with Gasteiger partial charge in [0, 0.05) is 43.9 Å². The van der Waals surface area contributed by atoms with Crippen molar-refractivity contribution in [3.05, 3.63) is 39.9 Å². The molecule has 36 heavy (non-hydrogen) atoms. The first-order chi connectivity index (χ1) is 17.1. The molecule has 1 atom stereocenters. The predicted octanol–water partition coefficient (Wildman–Crippen LogP) is 4.57. The number of phenols is 1. The average Bonchev–Trinajstić information content (AvgIpc) is 2.90. The summed E-state index contributed by atoms with van der Waals surface area (Å²) in [5, 5.41) is 10.5. The third-order valence-corrected chi connectivity index (χ3v) is 8.50. The SMILES string of the molecule is COc1ccc(CN2CCN(C(=S)C3(C)CCc4c(C)c(O)c(C)c(C)c4O3)CC2)c(OC)c1OC. The maximum Gasteiger partial charge on any atom is 0.203 e. The Hall–Kier alpha value is -2.71. The van der Waals surface area contributed by atoms with E-state index in [1.165, 1.54) is 0 Å². The first-order valence-corrected chi connectivity index (χ1v) is 12.9. The molecule has 2 heterocycles. The number of piperazine rings is 1. The lowest BCUT2D eigenvalue weighted by Crippen LogP contribution is -2.56. The Bertz CT molecular complexity index is 1160. The summed E-state index contributed by atoms with van der Waals surface area (Å²) in [4.78, 5) is 5.55. The lowest BCUT2D eigenvalue weighted by molar-refractivity contribution is 0.106. The van der Waals surface area contributed by atoms with Gasteiger partial charge in [0.15, 0.2) is 17.1 Å². The van der Waals surface area contributed by atoms with Crippen molar-refractivity contribution in [2.24, 2.45) is 0 Å². The summed E-state index contributed by atoms with van der Waals surface area (Å²) in [5.74, 6) is 3.25. The van der Waals surface area contributed by atoms with Gasteiger partial charge in [0.1, 0.15) is 16.5 Å². The third kappa shape index (κ3) is 4.57. The van der Waals surface area contributed by atoms with Crippen molar-refractivity contribution in [2.45, 2.75) is 52.7 Å². The van der Waals surface area contributed by atoms with Crippen LogP contribution in [0.4, 0.5) is 0 Å². The molecule has 1 fully saturated rings. The normalized spacial score (nSPS) is 19.9. The minimum absolute atomic E-state index is 0.378. The van der Waals surface area contributed by atoms with E-state index in [0.717, 1.165) is 84.1 Å². The van der Waals surface area contributed by atoms with Gasteiger partial charge in [-0.15, -0.1) is 0 Å². The van der Waals surface area contributed by atoms with Gasteiger partial charge in [-0.3, -0.25) is 4.90 Å². The number of methoxy groups -OCH3 is 3. The average molecular weight is 515 g/mol. The summed E-state index contributed by atoms with van der Waals surface area (Å²) in [6.07, 6.45) is 1.64. The van der Waals surface area contributed by atoms with Gasteiger partial charge >= 0.3 is 0 Å². The maximum absolute atomic E-state index is 10.5. The number of rotatable bonds is 6. The van der Waals surface area contributed by atoms with Crippen LogP contribution in [0.5, 0.6) is 28.7 Å². The molecule has 8 heteroatoms. The summed E-state index contributed by atoms with van der Waals surface area (Å²) in [6, 6.07) is 3.96. The molecule has 196 valence electrons. The van der Waals surface area contributed by atoms with Gasteiger partial charge in [-0.05, 0) is 63.3 Å². The summed E-state index contributed by atoms with van der Waals surface area (Å²) >= 11 is 6.02. The number of thiocarbonyl (C=S) groups is 1. The zero-order valence-electron chi connectivity index (χ0n) is 22.5. The molecule has 7 nitrogen and oxygen atoms in total. The molecule has 1 unspecified atom stereocenters. The fourth-order valence-electron chi connectivity index (χ4n) is 5.37. The van der Waals surface area contributed by atoms with Crippen LogP contribution in [0.1, 0.15) is 41.2 Å². The number of phenolic OH excluding ortho intramolecular Hbond substituents is 1. The highest BCUT2D eigenvalue weighted by molar-refractivity contribution is 7.80. The number of hydrogen-bond acceptors (Lipinski definition) is 7. The van der Waals surface area contributed by atoms with Crippen LogP contribution in [0.3, 0.4) is 0 Å². The topological polar surface area (TPSA) is 63.6 Å². The van der Waals surface area contributed by atoms with E-state index >= 15 is 0 Å². The number of hydrogen-bond donors (Lipinski definition) is 1. The number of benzene rings is 2. The molecular weight excluding hydrogens is 476 g/mol. The van der Waals surface area contributed by atoms with E-state index in [0.29, 0.717) is 23.0 Å². The molecule has 0 aliphatic carbocycles. The van der Waals surface area contributed by atoms with Crippen molar-refractivity contribution >= 4 is 17.2 Å². The number of aromatic hydroxyl groups is 1. The molecule has 2 aliphatic heterocycles. The third-order valence-electron chi connectivity index (χ3n) is 7.81. The van der Waals surface area contributed by atoms with Crippen molar-refractivity contribution < 1.29 is 24.1 Å². The predicted molar refractivity (Wildman–Crippen MR) is 145 cm³/mol. The highest BCUT2D eigenvalue weighted by atomic mass is 32.1. The second-order valence-corrected chi connectivity index (χ2v) is 10.3. The summed E-state index contributed by atoms with van der Waals surface area (Å²) < 4.78 is 23.3. The van der Waals surface area contributed by atoms with E-state index in [4.69, 9.17) is 31.2 Å². The molecule has 1 saturated heterocycles. The van der Waals surface area contributed by atoms with E-state index in [1.54, 1.807) is 21.3 Å². The Balaban J connectivity index is 1.44. The molecule has 2 aromatic rings. The van der Waals surface area contributed by atoms with Crippen LogP contribution in [0.2, 0.25) is 0 Å². The molecule has 2 aromatic carbocycles. The molecule has 1 N–H and O–H groups in total. The van der Waals surface area contributed by atoms with Crippen molar-refractivity contribution in [3.8, 4) is 28.7 Å². The number of ether oxygens (including phenoxy) is 4. The van der Waals surface area contributed by atoms with Crippen molar-refractivity contribution in [1.82, 2.24) is 9.80 Å². The molecule has 0 bridgehead atoms. The van der Waals surface area contributed by atoms with E-state index < -0.39 is 5.60 Å². The van der Waals surface area contributed by atoms with Gasteiger partial charge in [-0.25, -0.2) is 0 Å². The van der Waals surface area contributed by atoms with Crippen LogP contribution in [0, 0.1) is 20.8 Å². The Morgan fingerprint density at radius 2 is 1.64 bits per heavy atom. The van der Waals surface area contributed by atoms with E-state index in [1.807, 2.05) is 32.9 Å². The second-order valence-electron chi connectivity index (χ2n) is 9.93. The number of fused-ring (bicyclic) bond motifs is 1. The van der Waals surface area contributed by atoms with Gasteiger partial charge in [-0.1, -0.05) is 18.3 Å². The highest BCUT2D eigenvalue weighted by Gasteiger charge is 2.41. The van der Waals surface area contributed by atoms with Gasteiger partial charge in [0.05, 0.1) is 21.3 Å². The van der Waals surface area contributed by atoms with Gasteiger partial charge < -0.3 is 29.0 Å². The molecule has 0 saturated carbocycles. The molecule has 0 radical (unpaired) electrons. The lowest BCUT2D eigenvalue weighted by Gasteiger charge is -2.44. The Morgan fingerprint density at radius 3 is 2.25 bits per heavy atom. The van der Waals surface area contributed by atoms with Gasteiger partial charge in [-0.2, -0.15) is 0 Å². The molecular formula is C28H38N2O5S. The standard InChI is InChI=1S/C28H38N2O5S/c1-17-18(2)24-21(19(3)23(17)31)10-11-28(4,35-24)27(36)30-14-12-29(13-15-30)16-20-8-9-22(32-5)26(34-7)25(20)33-6/h8-9,31H,10-16H2,1-7H3. The van der Waals surface area contributed by atoms with Crippen LogP contribution >= 0.6 is 12.2 Å². The Labute approximate surface area is 219 Å². The summed E-state index contributed by atoms with van der Waals surface area (Å²) in [6.45, 7) is 12.2. The zero-order chi connectivity index (χ0) is 26.2. The van der Waals surface area contributed by atoms with Crippen LogP contribution in [0.25, 0.3) is 0 Å². The molecule has 0 amide bonds. The minimum Gasteiger partial charge on any atom is -0.507 e. The summed E-state index contributed by atoms with van der Waals surface area (Å²) in [5.41, 5.74) is 4.41. The lowest BCUT2D eigenvalue weighted by atomic mass is 9.86. The highest BCUT2D eigenvalue weighted by Crippen LogP contribution is 2.44. The fourth-order valence-corrected chi connectivity index (χ4v) is 5.70. The molecule has 0 aromatic heterocycles. The van der Waals surface area contributed by atoms with Crippen molar-refractivity contribution in [3.63, 3.8) is 0 Å². The maximum atomic E-state index is 10.5. The van der Waals surface area contributed by atoms with Crippen LogP contribution in [0.15, 0.2) is 12.1 Å². The van der Waals surface area contributed by atoms with Crippen molar-refractivity contribution in [1.29, 1.82) is 0 Å². The van der Waals surface area contributed by atoms with Crippen LogP contribution in [-0.4, -0.2) is 73.0 Å². The molecule has 0 spiro atoms. The van der Waals surface area contributed by atoms with E-state index in [-0.39, 0.29) is 0 Å². The summed E-state index contributed by atoms with van der Waals surface area (Å²) in [7, 11) is 4.91. The van der Waals surface area contributed by atoms with Crippen LogP contribution < -0.4 is 18.9 Å². The quantitative estimate of drug-likeness (QED) is 0.563. The Kier molecular flexibility index (Phi) is 7.57. The van der Waals surface area contributed by atoms with Gasteiger partial charge in [0.2, 0.25) is 5.75 Å². The van der Waals surface area contributed by atoms with E-state index in [2.05, 4.69) is 16.7 Å². The largest absolute Gasteiger partial charge is 0.507 e. The van der Waals surface area contributed by atoms with Crippen LogP contribution in [-0.2, 0) is 13.0 Å². The van der Waals surface area contributed by atoms with Crippen molar-refractivity contribution in [2.75, 3.05) is 47.5 Å². The monoisotopic (exact) mass is 514 g/mol. The van der Waals surface area contributed by atoms with E-state index in [9.17, 15) is 5.11 Å². The second kappa shape index (κ2) is 10.3. The first-order valence-electron chi connectivity index (χ1n) is 12.4. The number of nitrogens with zero attached hydrogens (tertiary/aromatic N) is 2. The molecule has 2 aliphatic rings. The minimum atomic E-state index is -0.544. The van der Waals surface area contributed by atoms with Gasteiger partial charge in [0.25, 0.3) is 0 Å². The zero-order valence-corrected chi connectivity index (χ0v) is 23.3. The smallest absolute Gasteiger partial charge is 0.203 e.